The number of anilines is 1. The summed E-state index contributed by atoms with van der Waals surface area (Å²) >= 11 is 0. The molecule has 2 aliphatic heterocycles. The molecule has 2 aromatic carbocycles. The van der Waals surface area contributed by atoms with Gasteiger partial charge in [0.25, 0.3) is 29.5 Å². The average molecular weight is 405 g/mol. The molecule has 0 fully saturated rings. The van der Waals surface area contributed by atoms with E-state index >= 15 is 0 Å². The normalized spacial score (nSPS) is 16.4. The summed E-state index contributed by atoms with van der Waals surface area (Å²) in [6, 6.07) is 9.38. The van der Waals surface area contributed by atoms with E-state index in [1.165, 1.54) is 30.3 Å². The quantitative estimate of drug-likeness (QED) is 0.615. The number of rotatable bonds is 4. The van der Waals surface area contributed by atoms with Crippen molar-refractivity contribution in [1.29, 1.82) is 0 Å². The van der Waals surface area contributed by atoms with Gasteiger partial charge >= 0.3 is 0 Å². The number of hydrogen-bond acceptors (Lipinski definition) is 6. The van der Waals surface area contributed by atoms with Gasteiger partial charge in [0.2, 0.25) is 0 Å². The summed E-state index contributed by atoms with van der Waals surface area (Å²) in [4.78, 5) is 66.3. The zero-order valence-corrected chi connectivity index (χ0v) is 16.4. The number of carbonyl (C=O) groups excluding carboxylic acids is 5. The van der Waals surface area contributed by atoms with E-state index in [2.05, 4.69) is 0 Å². The number of imide groups is 4. The lowest BCUT2D eigenvalue weighted by molar-refractivity contribution is -0.131. The van der Waals surface area contributed by atoms with E-state index in [1.807, 2.05) is 13.8 Å². The fraction of sp³-hybridized carbons (Fsp3) is 0.227. The highest BCUT2D eigenvalue weighted by molar-refractivity contribution is 6.32. The highest BCUT2D eigenvalue weighted by Gasteiger charge is 2.49. The molecular weight excluding hydrogens is 386 g/mol. The van der Waals surface area contributed by atoms with Gasteiger partial charge in [0, 0.05) is 5.69 Å². The van der Waals surface area contributed by atoms with Crippen LogP contribution in [0.5, 0.6) is 0 Å². The van der Waals surface area contributed by atoms with Crippen LogP contribution in [0.3, 0.4) is 0 Å². The molecule has 1 atom stereocenters. The minimum atomic E-state index is -1.29. The molecule has 2 N–H and O–H groups in total. The summed E-state index contributed by atoms with van der Waals surface area (Å²) in [7, 11) is 0. The van der Waals surface area contributed by atoms with Crippen LogP contribution in [0.1, 0.15) is 61.7 Å². The molecule has 2 aliphatic rings. The topological polar surface area (TPSA) is 118 Å². The lowest BCUT2D eigenvalue weighted by Gasteiger charge is -2.28. The number of fused-ring (bicyclic) bond motifs is 2. The van der Waals surface area contributed by atoms with Gasteiger partial charge in [-0.1, -0.05) is 32.0 Å². The van der Waals surface area contributed by atoms with Gasteiger partial charge in [-0.05, 0) is 36.6 Å². The van der Waals surface area contributed by atoms with Gasteiger partial charge in [0.1, 0.15) is 6.04 Å². The van der Waals surface area contributed by atoms with E-state index in [4.69, 9.17) is 5.73 Å². The maximum atomic E-state index is 13.4. The fourth-order valence-corrected chi connectivity index (χ4v) is 3.91. The first kappa shape index (κ1) is 19.5. The third-order valence-electron chi connectivity index (χ3n) is 5.28. The summed E-state index contributed by atoms with van der Waals surface area (Å²) in [5.41, 5.74) is 6.29. The molecule has 0 unspecified atom stereocenters. The molecule has 0 saturated carbocycles. The van der Waals surface area contributed by atoms with E-state index in [-0.39, 0.29) is 40.3 Å². The molecule has 0 aliphatic carbocycles. The van der Waals surface area contributed by atoms with Crippen LogP contribution in [0.15, 0.2) is 42.5 Å². The smallest absolute Gasteiger partial charge is 0.270 e. The Morgan fingerprint density at radius 1 is 0.833 bits per heavy atom. The highest BCUT2D eigenvalue weighted by atomic mass is 16.2. The van der Waals surface area contributed by atoms with Crippen LogP contribution in [0.2, 0.25) is 0 Å². The maximum Gasteiger partial charge on any atom is 0.270 e. The zero-order chi connectivity index (χ0) is 21.7. The summed E-state index contributed by atoms with van der Waals surface area (Å²) in [5.74, 6) is -3.90. The molecular formula is C22H19N3O5. The van der Waals surface area contributed by atoms with Crippen molar-refractivity contribution < 1.29 is 24.0 Å². The van der Waals surface area contributed by atoms with Crippen molar-refractivity contribution in [2.75, 3.05) is 5.73 Å². The molecule has 8 heteroatoms. The Bertz CT molecular complexity index is 1100. The van der Waals surface area contributed by atoms with Crippen LogP contribution >= 0.6 is 0 Å². The van der Waals surface area contributed by atoms with Crippen molar-refractivity contribution in [1.82, 2.24) is 9.80 Å². The third kappa shape index (κ3) is 2.72. The molecule has 152 valence electrons. The molecule has 5 amide bonds. The molecule has 0 bridgehead atoms. The molecule has 2 aromatic rings. The minimum absolute atomic E-state index is 0.0269. The van der Waals surface area contributed by atoms with Crippen molar-refractivity contribution in [2.24, 2.45) is 5.92 Å². The maximum absolute atomic E-state index is 13.4. The fourth-order valence-electron chi connectivity index (χ4n) is 3.91. The highest BCUT2D eigenvalue weighted by Crippen LogP contribution is 2.32. The largest absolute Gasteiger partial charge is 0.398 e. The lowest BCUT2D eigenvalue weighted by Crippen LogP contribution is -2.53. The molecule has 0 aromatic heterocycles. The second-order valence-corrected chi connectivity index (χ2v) is 7.72. The second kappa shape index (κ2) is 6.91. The van der Waals surface area contributed by atoms with E-state index < -0.39 is 35.6 Å². The summed E-state index contributed by atoms with van der Waals surface area (Å²) in [6.45, 7) is 3.64. The monoisotopic (exact) mass is 405 g/mol. The first-order valence-corrected chi connectivity index (χ1v) is 9.52. The predicted molar refractivity (Wildman–Crippen MR) is 107 cm³/mol. The number of nitrogens with two attached hydrogens (primary N) is 1. The van der Waals surface area contributed by atoms with Gasteiger partial charge in [-0.15, -0.1) is 0 Å². The van der Waals surface area contributed by atoms with Crippen molar-refractivity contribution in [3.8, 4) is 0 Å². The molecule has 0 spiro atoms. The van der Waals surface area contributed by atoms with Crippen LogP contribution in [0, 0.1) is 5.92 Å². The van der Waals surface area contributed by atoms with E-state index in [1.54, 1.807) is 12.1 Å². The molecule has 0 saturated heterocycles. The number of hydrogen-bond donors (Lipinski definition) is 1. The standard InChI is InChI=1S/C22H19N3O5/c1-11(2)10-16(24-18(26)12-6-3-4-7-13(12)19(24)27)21(29)25-20(28)14-8-5-9-15(23)17(14)22(25)30/h3-9,11,16H,10,23H2,1-2H3/t16-/m1/s1. The predicted octanol–water partition coefficient (Wildman–Crippen LogP) is 2.10. The van der Waals surface area contributed by atoms with Gasteiger partial charge in [0.05, 0.1) is 22.3 Å². The molecule has 0 radical (unpaired) electrons. The molecule has 4 rings (SSSR count). The average Bonchev–Trinajstić information content (AvgIpc) is 3.11. The summed E-state index contributed by atoms with van der Waals surface area (Å²) in [5, 5.41) is 0. The number of nitrogens with zero attached hydrogens (tertiary/aromatic N) is 2. The Kier molecular flexibility index (Phi) is 4.49. The second-order valence-electron chi connectivity index (χ2n) is 7.72. The molecule has 2 heterocycles. The third-order valence-corrected chi connectivity index (χ3v) is 5.28. The van der Waals surface area contributed by atoms with Gasteiger partial charge < -0.3 is 5.73 Å². The number of benzene rings is 2. The molecule has 30 heavy (non-hydrogen) atoms. The SMILES string of the molecule is CC(C)C[C@H](C(=O)N1C(=O)c2cccc(N)c2C1=O)N1C(=O)c2ccccc2C1=O. The van der Waals surface area contributed by atoms with Crippen molar-refractivity contribution in [3.63, 3.8) is 0 Å². The van der Waals surface area contributed by atoms with E-state index in [0.29, 0.717) is 4.90 Å². The Balaban J connectivity index is 1.75. The molecule has 8 nitrogen and oxygen atoms in total. The van der Waals surface area contributed by atoms with Crippen LogP contribution in [-0.2, 0) is 4.79 Å². The van der Waals surface area contributed by atoms with Gasteiger partial charge in [0.15, 0.2) is 0 Å². The summed E-state index contributed by atoms with van der Waals surface area (Å²) < 4.78 is 0. The number of carbonyl (C=O) groups is 5. The Morgan fingerprint density at radius 2 is 1.40 bits per heavy atom. The van der Waals surface area contributed by atoms with Gasteiger partial charge in [-0.2, -0.15) is 0 Å². The Morgan fingerprint density at radius 3 is 1.93 bits per heavy atom. The van der Waals surface area contributed by atoms with Gasteiger partial charge in [-0.25, -0.2) is 4.90 Å². The van der Waals surface area contributed by atoms with Gasteiger partial charge in [-0.3, -0.25) is 28.9 Å². The first-order chi connectivity index (χ1) is 14.2. The first-order valence-electron chi connectivity index (χ1n) is 9.52. The Labute approximate surface area is 172 Å². The van der Waals surface area contributed by atoms with Crippen LogP contribution < -0.4 is 5.73 Å². The lowest BCUT2D eigenvalue weighted by atomic mass is 10.0. The van der Waals surface area contributed by atoms with Crippen molar-refractivity contribution >= 4 is 35.2 Å². The van der Waals surface area contributed by atoms with E-state index in [9.17, 15) is 24.0 Å². The number of amides is 5. The van der Waals surface area contributed by atoms with Crippen LogP contribution in [0.4, 0.5) is 5.69 Å². The Hall–Kier alpha value is -3.81. The summed E-state index contributed by atoms with van der Waals surface area (Å²) in [6.07, 6.45) is 0.104. The zero-order valence-electron chi connectivity index (χ0n) is 16.4. The minimum Gasteiger partial charge on any atom is -0.398 e. The van der Waals surface area contributed by atoms with Crippen LogP contribution in [-0.4, -0.2) is 45.4 Å². The number of nitrogen functional groups attached to an aromatic ring is 1. The van der Waals surface area contributed by atoms with Crippen molar-refractivity contribution in [2.45, 2.75) is 26.3 Å². The van der Waals surface area contributed by atoms with E-state index in [0.717, 1.165) is 4.90 Å². The van der Waals surface area contributed by atoms with Crippen LogP contribution in [0.25, 0.3) is 0 Å². The van der Waals surface area contributed by atoms with Crippen molar-refractivity contribution in [3.05, 3.63) is 64.7 Å².